The summed E-state index contributed by atoms with van der Waals surface area (Å²) in [6.07, 6.45) is -0.593. The van der Waals surface area contributed by atoms with E-state index in [9.17, 15) is 4.79 Å². The lowest BCUT2D eigenvalue weighted by Crippen LogP contribution is -2.38. The van der Waals surface area contributed by atoms with Crippen LogP contribution in [0.2, 0.25) is 0 Å². The lowest BCUT2D eigenvalue weighted by Gasteiger charge is -2.21. The maximum absolute atomic E-state index is 12.4. The van der Waals surface area contributed by atoms with Gasteiger partial charge < -0.3 is 14.8 Å². The number of hydrogen-bond acceptors (Lipinski definition) is 3. The van der Waals surface area contributed by atoms with Gasteiger partial charge in [-0.05, 0) is 51.0 Å². The molecule has 1 amide bonds. The minimum atomic E-state index is -0.593. The largest absolute Gasteiger partial charge is 0.497 e. The van der Waals surface area contributed by atoms with Gasteiger partial charge in [0.1, 0.15) is 11.5 Å². The van der Waals surface area contributed by atoms with Gasteiger partial charge in [0.05, 0.1) is 13.2 Å². The Morgan fingerprint density at radius 3 is 2.46 bits per heavy atom. The maximum atomic E-state index is 12.4. The zero-order valence-corrected chi connectivity index (χ0v) is 14.9. The van der Waals surface area contributed by atoms with E-state index in [1.165, 1.54) is 5.56 Å². The number of rotatable bonds is 6. The molecule has 0 heterocycles. The van der Waals surface area contributed by atoms with Crippen molar-refractivity contribution in [2.75, 3.05) is 7.11 Å². The molecule has 0 unspecified atom stereocenters. The van der Waals surface area contributed by atoms with E-state index in [-0.39, 0.29) is 11.9 Å². The first-order chi connectivity index (χ1) is 11.4. The summed E-state index contributed by atoms with van der Waals surface area (Å²) >= 11 is 0. The van der Waals surface area contributed by atoms with Crippen molar-refractivity contribution >= 4 is 5.91 Å². The Morgan fingerprint density at radius 2 is 1.75 bits per heavy atom. The predicted molar refractivity (Wildman–Crippen MR) is 95.6 cm³/mol. The minimum Gasteiger partial charge on any atom is -0.497 e. The van der Waals surface area contributed by atoms with Crippen LogP contribution in [0.5, 0.6) is 11.5 Å². The van der Waals surface area contributed by atoms with Crippen molar-refractivity contribution in [2.45, 2.75) is 39.8 Å². The van der Waals surface area contributed by atoms with Gasteiger partial charge >= 0.3 is 0 Å². The third kappa shape index (κ3) is 4.51. The summed E-state index contributed by atoms with van der Waals surface area (Å²) in [6, 6.07) is 13.4. The quantitative estimate of drug-likeness (QED) is 0.874. The third-order valence-corrected chi connectivity index (χ3v) is 3.98. The average Bonchev–Trinajstić information content (AvgIpc) is 2.57. The van der Waals surface area contributed by atoms with Crippen molar-refractivity contribution in [3.05, 3.63) is 59.2 Å². The second-order valence-electron chi connectivity index (χ2n) is 6.03. The molecule has 0 aliphatic rings. The molecule has 128 valence electrons. The molecule has 0 spiro atoms. The molecule has 0 aliphatic heterocycles. The Balaban J connectivity index is 2.01. The number of nitrogens with one attached hydrogen (secondary N) is 1. The summed E-state index contributed by atoms with van der Waals surface area (Å²) < 4.78 is 10.9. The van der Waals surface area contributed by atoms with Crippen LogP contribution in [0, 0.1) is 13.8 Å². The smallest absolute Gasteiger partial charge is 0.261 e. The van der Waals surface area contributed by atoms with Crippen molar-refractivity contribution in [3.8, 4) is 11.5 Å². The van der Waals surface area contributed by atoms with Crippen LogP contribution < -0.4 is 14.8 Å². The summed E-state index contributed by atoms with van der Waals surface area (Å²) in [5.41, 5.74) is 3.46. The molecule has 4 heteroatoms. The number of ether oxygens (including phenoxy) is 2. The Hall–Kier alpha value is -2.49. The summed E-state index contributed by atoms with van der Waals surface area (Å²) in [5.74, 6) is 1.16. The van der Waals surface area contributed by atoms with Crippen molar-refractivity contribution in [3.63, 3.8) is 0 Å². The number of aryl methyl sites for hydroxylation is 2. The third-order valence-electron chi connectivity index (χ3n) is 3.98. The van der Waals surface area contributed by atoms with Crippen LogP contribution in [-0.4, -0.2) is 19.1 Å². The molecule has 0 fully saturated rings. The molecule has 0 radical (unpaired) electrons. The Kier molecular flexibility index (Phi) is 5.85. The molecule has 0 saturated heterocycles. The summed E-state index contributed by atoms with van der Waals surface area (Å²) in [6.45, 7) is 7.82. The Morgan fingerprint density at radius 1 is 1.04 bits per heavy atom. The van der Waals surface area contributed by atoms with Crippen molar-refractivity contribution in [2.24, 2.45) is 0 Å². The number of benzene rings is 2. The highest BCUT2D eigenvalue weighted by Gasteiger charge is 2.19. The molecular formula is C20H25NO3. The Labute approximate surface area is 143 Å². The normalized spacial score (nSPS) is 13.0. The second kappa shape index (κ2) is 7.86. The van der Waals surface area contributed by atoms with E-state index in [1.807, 2.05) is 32.9 Å². The summed E-state index contributed by atoms with van der Waals surface area (Å²) in [4.78, 5) is 12.4. The van der Waals surface area contributed by atoms with E-state index in [0.717, 1.165) is 11.1 Å². The molecule has 2 aromatic rings. The van der Waals surface area contributed by atoms with Crippen LogP contribution in [0.3, 0.4) is 0 Å². The molecule has 1 N–H and O–H groups in total. The fraction of sp³-hybridized carbons (Fsp3) is 0.350. The first-order valence-electron chi connectivity index (χ1n) is 8.09. The van der Waals surface area contributed by atoms with Gasteiger partial charge in [-0.15, -0.1) is 0 Å². The van der Waals surface area contributed by atoms with E-state index in [0.29, 0.717) is 11.5 Å². The molecule has 2 aromatic carbocycles. The highest BCUT2D eigenvalue weighted by molar-refractivity contribution is 5.81. The SMILES string of the molecule is COc1cccc(O[C@H](C)C(=O)N[C@@H](C)c2cc(C)ccc2C)c1. The van der Waals surface area contributed by atoms with E-state index in [1.54, 1.807) is 26.2 Å². The number of hydrogen-bond donors (Lipinski definition) is 1. The molecule has 4 nitrogen and oxygen atoms in total. The zero-order chi connectivity index (χ0) is 17.7. The molecule has 0 aliphatic carbocycles. The standard InChI is InChI=1S/C20H25NO3/c1-13-9-10-14(2)19(11-13)15(3)21-20(22)16(4)24-18-8-6-7-17(12-18)23-5/h6-12,15-16H,1-5H3,(H,21,22)/t15-,16+/m0/s1. The highest BCUT2D eigenvalue weighted by atomic mass is 16.5. The van der Waals surface area contributed by atoms with E-state index >= 15 is 0 Å². The van der Waals surface area contributed by atoms with Gasteiger partial charge in [0, 0.05) is 6.07 Å². The molecule has 2 atom stereocenters. The molecular weight excluding hydrogens is 302 g/mol. The van der Waals surface area contributed by atoms with Crippen molar-refractivity contribution in [1.29, 1.82) is 0 Å². The maximum Gasteiger partial charge on any atom is 0.261 e. The molecule has 2 rings (SSSR count). The lowest BCUT2D eigenvalue weighted by atomic mass is 10.00. The fourth-order valence-corrected chi connectivity index (χ4v) is 2.57. The van der Waals surface area contributed by atoms with Crippen LogP contribution >= 0.6 is 0 Å². The van der Waals surface area contributed by atoms with Gasteiger partial charge in [0.25, 0.3) is 5.91 Å². The van der Waals surface area contributed by atoms with Gasteiger partial charge in [-0.2, -0.15) is 0 Å². The second-order valence-corrected chi connectivity index (χ2v) is 6.03. The highest BCUT2D eigenvalue weighted by Crippen LogP contribution is 2.21. The number of methoxy groups -OCH3 is 1. The topological polar surface area (TPSA) is 47.6 Å². The van der Waals surface area contributed by atoms with Crippen molar-refractivity contribution < 1.29 is 14.3 Å². The van der Waals surface area contributed by atoms with Crippen LogP contribution in [0.4, 0.5) is 0 Å². The number of amides is 1. The molecule has 0 saturated carbocycles. The average molecular weight is 327 g/mol. The van der Waals surface area contributed by atoms with E-state index in [4.69, 9.17) is 9.47 Å². The Bertz CT molecular complexity index is 712. The monoisotopic (exact) mass is 327 g/mol. The van der Waals surface area contributed by atoms with Crippen LogP contribution in [-0.2, 0) is 4.79 Å². The predicted octanol–water partition coefficient (Wildman–Crippen LogP) is 3.96. The van der Waals surface area contributed by atoms with E-state index < -0.39 is 6.10 Å². The van der Waals surface area contributed by atoms with Gasteiger partial charge in [0.15, 0.2) is 6.10 Å². The zero-order valence-electron chi connectivity index (χ0n) is 14.9. The lowest BCUT2D eigenvalue weighted by molar-refractivity contribution is -0.127. The van der Waals surface area contributed by atoms with E-state index in [2.05, 4.69) is 23.5 Å². The van der Waals surface area contributed by atoms with Crippen LogP contribution in [0.15, 0.2) is 42.5 Å². The first-order valence-corrected chi connectivity index (χ1v) is 8.09. The van der Waals surface area contributed by atoms with Gasteiger partial charge in [-0.25, -0.2) is 0 Å². The summed E-state index contributed by atoms with van der Waals surface area (Å²) in [5, 5.41) is 3.02. The number of carbonyl (C=O) groups excluding carboxylic acids is 1. The minimum absolute atomic E-state index is 0.0752. The number of carbonyl (C=O) groups is 1. The van der Waals surface area contributed by atoms with Gasteiger partial charge in [0.2, 0.25) is 0 Å². The summed E-state index contributed by atoms with van der Waals surface area (Å²) in [7, 11) is 1.60. The molecule has 24 heavy (non-hydrogen) atoms. The molecule has 0 aromatic heterocycles. The molecule has 0 bridgehead atoms. The van der Waals surface area contributed by atoms with Crippen LogP contribution in [0.25, 0.3) is 0 Å². The van der Waals surface area contributed by atoms with Crippen LogP contribution in [0.1, 0.15) is 36.6 Å². The van der Waals surface area contributed by atoms with Gasteiger partial charge in [-0.3, -0.25) is 4.79 Å². The van der Waals surface area contributed by atoms with Gasteiger partial charge in [-0.1, -0.05) is 29.8 Å². The first kappa shape index (κ1) is 17.9. The van der Waals surface area contributed by atoms with Crippen molar-refractivity contribution in [1.82, 2.24) is 5.32 Å². The fourth-order valence-electron chi connectivity index (χ4n) is 2.57.